The van der Waals surface area contributed by atoms with Gasteiger partial charge in [0.15, 0.2) is 0 Å². The predicted molar refractivity (Wildman–Crippen MR) is 71.0 cm³/mol. The third kappa shape index (κ3) is 2.51. The Balaban J connectivity index is 2.21. The van der Waals surface area contributed by atoms with Crippen molar-refractivity contribution >= 4 is 17.8 Å². The number of aryl methyl sites for hydroxylation is 1. The fourth-order valence-electron chi connectivity index (χ4n) is 1.53. The van der Waals surface area contributed by atoms with E-state index in [1.807, 2.05) is 30.3 Å². The van der Waals surface area contributed by atoms with E-state index in [2.05, 4.69) is 37.3 Å². The third-order valence-corrected chi connectivity index (χ3v) is 2.53. The molecule has 0 saturated carbocycles. The molecule has 0 fully saturated rings. The zero-order chi connectivity index (χ0) is 11.4. The molecule has 16 heavy (non-hydrogen) atoms. The highest BCUT2D eigenvalue weighted by Crippen LogP contribution is 2.14. The molecule has 0 aliphatic rings. The van der Waals surface area contributed by atoms with Crippen LogP contribution >= 0.6 is 0 Å². The van der Waals surface area contributed by atoms with Crippen molar-refractivity contribution in [3.63, 3.8) is 0 Å². The van der Waals surface area contributed by atoms with E-state index in [4.69, 9.17) is 5.73 Å². The maximum absolute atomic E-state index is 5.86. The van der Waals surface area contributed by atoms with Crippen molar-refractivity contribution in [2.75, 3.05) is 5.73 Å². The van der Waals surface area contributed by atoms with E-state index >= 15 is 0 Å². The first-order valence-electron chi connectivity index (χ1n) is 5.35. The first-order valence-corrected chi connectivity index (χ1v) is 5.35. The molecule has 0 spiro atoms. The number of rotatable bonds is 2. The van der Waals surface area contributed by atoms with Crippen LogP contribution in [0.1, 0.15) is 16.7 Å². The molecule has 1 nitrogen and oxygen atoms in total. The van der Waals surface area contributed by atoms with Crippen LogP contribution in [0, 0.1) is 6.92 Å². The Kier molecular flexibility index (Phi) is 3.06. The normalized spacial score (nSPS) is 10.8. The fourth-order valence-corrected chi connectivity index (χ4v) is 1.53. The molecule has 1 heteroatoms. The summed E-state index contributed by atoms with van der Waals surface area (Å²) < 4.78 is 0. The first-order chi connectivity index (χ1) is 7.75. The number of benzene rings is 2. The van der Waals surface area contributed by atoms with Crippen molar-refractivity contribution in [3.05, 3.63) is 65.2 Å². The Morgan fingerprint density at radius 3 is 2.25 bits per heavy atom. The Bertz CT molecular complexity index is 495. The van der Waals surface area contributed by atoms with Gasteiger partial charge in [-0.1, -0.05) is 60.2 Å². The minimum absolute atomic E-state index is 0.811. The van der Waals surface area contributed by atoms with Gasteiger partial charge in [-0.2, -0.15) is 0 Å². The third-order valence-electron chi connectivity index (χ3n) is 2.53. The summed E-state index contributed by atoms with van der Waals surface area (Å²) in [4.78, 5) is 0. The van der Waals surface area contributed by atoms with Crippen LogP contribution in [0.2, 0.25) is 0 Å². The van der Waals surface area contributed by atoms with Crippen LogP contribution in [0.25, 0.3) is 12.2 Å². The maximum atomic E-state index is 5.86. The summed E-state index contributed by atoms with van der Waals surface area (Å²) >= 11 is 0. The molecule has 2 aromatic carbocycles. The SMILES string of the molecule is Cc1ccc(C=Cc2ccccc2N)cc1. The predicted octanol–water partition coefficient (Wildman–Crippen LogP) is 3.75. The van der Waals surface area contributed by atoms with E-state index in [9.17, 15) is 0 Å². The second-order valence-electron chi connectivity index (χ2n) is 3.87. The lowest BCUT2D eigenvalue weighted by atomic mass is 10.1. The van der Waals surface area contributed by atoms with E-state index < -0.39 is 0 Å². The van der Waals surface area contributed by atoms with Gasteiger partial charge in [0, 0.05) is 5.69 Å². The van der Waals surface area contributed by atoms with E-state index in [1.165, 1.54) is 11.1 Å². The number of nitrogens with two attached hydrogens (primary N) is 1. The van der Waals surface area contributed by atoms with E-state index in [-0.39, 0.29) is 0 Å². The van der Waals surface area contributed by atoms with Crippen molar-refractivity contribution in [3.8, 4) is 0 Å². The number of nitrogen functional groups attached to an aromatic ring is 1. The van der Waals surface area contributed by atoms with Gasteiger partial charge >= 0.3 is 0 Å². The largest absolute Gasteiger partial charge is 0.398 e. The molecule has 0 bridgehead atoms. The van der Waals surface area contributed by atoms with Crippen LogP contribution in [0.15, 0.2) is 48.5 Å². The molecule has 0 radical (unpaired) electrons. The highest BCUT2D eigenvalue weighted by molar-refractivity contribution is 5.75. The smallest absolute Gasteiger partial charge is 0.0387 e. The molecule has 0 heterocycles. The molecule has 0 aliphatic carbocycles. The minimum atomic E-state index is 0.811. The highest BCUT2D eigenvalue weighted by Gasteiger charge is 1.92. The van der Waals surface area contributed by atoms with Crippen molar-refractivity contribution < 1.29 is 0 Å². The molecule has 0 amide bonds. The molecule has 0 aromatic heterocycles. The van der Waals surface area contributed by atoms with Gasteiger partial charge in [0.25, 0.3) is 0 Å². The highest BCUT2D eigenvalue weighted by atomic mass is 14.5. The van der Waals surface area contributed by atoms with Crippen LogP contribution in [0.3, 0.4) is 0 Å². The second kappa shape index (κ2) is 4.67. The average Bonchev–Trinajstić information content (AvgIpc) is 2.30. The summed E-state index contributed by atoms with van der Waals surface area (Å²) in [5.74, 6) is 0. The monoisotopic (exact) mass is 209 g/mol. The van der Waals surface area contributed by atoms with Crippen LogP contribution in [-0.2, 0) is 0 Å². The van der Waals surface area contributed by atoms with Gasteiger partial charge in [-0.3, -0.25) is 0 Å². The molecule has 80 valence electrons. The molecular formula is C15H15N. The van der Waals surface area contributed by atoms with Crippen molar-refractivity contribution in [2.24, 2.45) is 0 Å². The topological polar surface area (TPSA) is 26.0 Å². The van der Waals surface area contributed by atoms with Crippen molar-refractivity contribution in [1.82, 2.24) is 0 Å². The summed E-state index contributed by atoms with van der Waals surface area (Å²) in [6, 6.07) is 16.3. The number of anilines is 1. The maximum Gasteiger partial charge on any atom is 0.0387 e. The van der Waals surface area contributed by atoms with Crippen LogP contribution in [0.5, 0.6) is 0 Å². The lowest BCUT2D eigenvalue weighted by Gasteiger charge is -1.99. The Morgan fingerprint density at radius 2 is 1.56 bits per heavy atom. The van der Waals surface area contributed by atoms with Crippen LogP contribution in [-0.4, -0.2) is 0 Å². The molecule has 0 saturated heterocycles. The first kappa shape index (κ1) is 10.5. The number of hydrogen-bond acceptors (Lipinski definition) is 1. The number of para-hydroxylation sites is 1. The number of hydrogen-bond donors (Lipinski definition) is 1. The zero-order valence-corrected chi connectivity index (χ0v) is 9.35. The fraction of sp³-hybridized carbons (Fsp3) is 0.0667. The van der Waals surface area contributed by atoms with Crippen LogP contribution < -0.4 is 5.73 Å². The second-order valence-corrected chi connectivity index (χ2v) is 3.87. The summed E-state index contributed by atoms with van der Waals surface area (Å²) in [7, 11) is 0. The minimum Gasteiger partial charge on any atom is -0.398 e. The Labute approximate surface area is 96.2 Å². The van der Waals surface area contributed by atoms with Gasteiger partial charge in [-0.15, -0.1) is 0 Å². The molecule has 0 unspecified atom stereocenters. The zero-order valence-electron chi connectivity index (χ0n) is 9.35. The summed E-state index contributed by atoms with van der Waals surface area (Å²) in [6.45, 7) is 2.09. The lowest BCUT2D eigenvalue weighted by Crippen LogP contribution is -1.87. The van der Waals surface area contributed by atoms with E-state index in [1.54, 1.807) is 0 Å². The van der Waals surface area contributed by atoms with Gasteiger partial charge in [-0.05, 0) is 24.1 Å². The molecule has 2 N–H and O–H groups in total. The summed E-state index contributed by atoms with van der Waals surface area (Å²) in [5, 5.41) is 0. The molecule has 2 rings (SSSR count). The van der Waals surface area contributed by atoms with Gasteiger partial charge in [-0.25, -0.2) is 0 Å². The van der Waals surface area contributed by atoms with Crippen molar-refractivity contribution in [1.29, 1.82) is 0 Å². The molecular weight excluding hydrogens is 194 g/mol. The van der Waals surface area contributed by atoms with Gasteiger partial charge in [0.05, 0.1) is 0 Å². The van der Waals surface area contributed by atoms with Gasteiger partial charge in [0.1, 0.15) is 0 Å². The Hall–Kier alpha value is -2.02. The lowest BCUT2D eigenvalue weighted by molar-refractivity contribution is 1.46. The summed E-state index contributed by atoms with van der Waals surface area (Å²) in [6.07, 6.45) is 4.12. The van der Waals surface area contributed by atoms with E-state index in [0.29, 0.717) is 0 Å². The Morgan fingerprint density at radius 1 is 0.875 bits per heavy atom. The average molecular weight is 209 g/mol. The van der Waals surface area contributed by atoms with Crippen molar-refractivity contribution in [2.45, 2.75) is 6.92 Å². The standard InChI is InChI=1S/C15H15N/c1-12-6-8-13(9-7-12)10-11-14-4-2-3-5-15(14)16/h2-11H,16H2,1H3. The van der Waals surface area contributed by atoms with Gasteiger partial charge in [0.2, 0.25) is 0 Å². The molecule has 0 atom stereocenters. The van der Waals surface area contributed by atoms with Crippen LogP contribution in [0.4, 0.5) is 5.69 Å². The quantitative estimate of drug-likeness (QED) is 0.591. The molecule has 2 aromatic rings. The molecule has 0 aliphatic heterocycles. The summed E-state index contributed by atoms with van der Waals surface area (Å²) in [5.41, 5.74) is 10.2. The van der Waals surface area contributed by atoms with Gasteiger partial charge < -0.3 is 5.73 Å². The van der Waals surface area contributed by atoms with E-state index in [0.717, 1.165) is 11.3 Å².